The number of nitrogens with zero attached hydrogens (tertiary/aromatic N) is 2. The summed E-state index contributed by atoms with van der Waals surface area (Å²) in [6.07, 6.45) is 2.60. The average molecular weight is 345 g/mol. The number of rotatable bonds is 5. The van der Waals surface area contributed by atoms with Crippen LogP contribution in [-0.2, 0) is 4.74 Å². The average Bonchev–Trinajstić information content (AvgIpc) is 3.12. The minimum Gasteiger partial charge on any atom is -0.377 e. The van der Waals surface area contributed by atoms with Crippen molar-refractivity contribution in [1.29, 1.82) is 0 Å². The lowest BCUT2D eigenvalue weighted by molar-refractivity contribution is -0.00307. The molecule has 1 amide bonds. The molecule has 1 unspecified atom stereocenters. The number of aromatic nitrogens is 2. The second-order valence-electron chi connectivity index (χ2n) is 6.31. The molecule has 2 aliphatic rings. The smallest absolute Gasteiger partial charge is 0.274 e. The minimum atomic E-state index is -0.234. The maximum Gasteiger partial charge on any atom is 0.274 e. The summed E-state index contributed by atoms with van der Waals surface area (Å²) in [7, 11) is 0. The van der Waals surface area contributed by atoms with Crippen LogP contribution >= 0.6 is 11.3 Å². The van der Waals surface area contributed by atoms with E-state index in [1.54, 1.807) is 4.90 Å². The van der Waals surface area contributed by atoms with Crippen LogP contribution in [0.3, 0.4) is 0 Å². The van der Waals surface area contributed by atoms with Gasteiger partial charge in [-0.2, -0.15) is 5.10 Å². The molecule has 2 aromatic heterocycles. The van der Waals surface area contributed by atoms with Crippen molar-refractivity contribution in [3.63, 3.8) is 0 Å². The largest absolute Gasteiger partial charge is 0.377 e. The number of Topliss-reactive ketones (excluding diaryl/α,β-unsaturated/α-hetero) is 1. The van der Waals surface area contributed by atoms with E-state index in [-0.39, 0.29) is 24.2 Å². The number of ketones is 1. The zero-order chi connectivity index (χ0) is 16.5. The first-order valence-electron chi connectivity index (χ1n) is 8.23. The van der Waals surface area contributed by atoms with E-state index in [4.69, 9.17) is 4.74 Å². The summed E-state index contributed by atoms with van der Waals surface area (Å²) in [5, 5.41) is 9.03. The van der Waals surface area contributed by atoms with Crippen molar-refractivity contribution in [2.24, 2.45) is 0 Å². The van der Waals surface area contributed by atoms with Crippen molar-refractivity contribution in [3.8, 4) is 0 Å². The van der Waals surface area contributed by atoms with Gasteiger partial charge in [0.25, 0.3) is 5.91 Å². The second-order valence-corrected chi connectivity index (χ2v) is 7.26. The number of carbonyl (C=O) groups is 2. The summed E-state index contributed by atoms with van der Waals surface area (Å²) in [6, 6.07) is 5.30. The number of carbonyl (C=O) groups excluding carboxylic acids is 2. The first-order chi connectivity index (χ1) is 11.7. The topological polar surface area (TPSA) is 75.3 Å². The predicted octanol–water partition coefficient (Wildman–Crippen LogP) is 2.46. The Morgan fingerprint density at radius 3 is 3.04 bits per heavy atom. The standard InChI is InChI=1S/C17H19N3O3S/c21-15(16-2-1-7-24-16)8-12-10-23-6-5-20(12)17(22)14-9-13(18-19-14)11-3-4-11/h1-2,7,9,11-12H,3-6,8,10H2,(H,18,19). The fourth-order valence-corrected chi connectivity index (χ4v) is 3.72. The normalized spacial score (nSPS) is 21.0. The van der Waals surface area contributed by atoms with Gasteiger partial charge in [-0.15, -0.1) is 11.3 Å². The maximum absolute atomic E-state index is 12.8. The molecule has 126 valence electrons. The Morgan fingerprint density at radius 1 is 1.42 bits per heavy atom. The van der Waals surface area contributed by atoms with Crippen LogP contribution in [0.15, 0.2) is 23.6 Å². The Balaban J connectivity index is 1.48. The van der Waals surface area contributed by atoms with Crippen molar-refractivity contribution in [3.05, 3.63) is 39.8 Å². The molecule has 0 radical (unpaired) electrons. The molecule has 1 saturated carbocycles. The third kappa shape index (κ3) is 3.14. The van der Waals surface area contributed by atoms with E-state index in [1.165, 1.54) is 11.3 Å². The molecule has 1 saturated heterocycles. The van der Waals surface area contributed by atoms with Crippen LogP contribution in [0.4, 0.5) is 0 Å². The molecule has 6 nitrogen and oxygen atoms in total. The van der Waals surface area contributed by atoms with Crippen molar-refractivity contribution in [2.45, 2.75) is 31.2 Å². The molecule has 1 atom stereocenters. The zero-order valence-corrected chi connectivity index (χ0v) is 14.1. The van der Waals surface area contributed by atoms with Crippen LogP contribution in [0.5, 0.6) is 0 Å². The molecule has 4 rings (SSSR count). The van der Waals surface area contributed by atoms with E-state index in [9.17, 15) is 9.59 Å². The van der Waals surface area contributed by atoms with Crippen molar-refractivity contribution >= 4 is 23.0 Å². The van der Waals surface area contributed by atoms with Gasteiger partial charge in [-0.25, -0.2) is 0 Å². The number of thiophene rings is 1. The van der Waals surface area contributed by atoms with Crippen LogP contribution in [0.1, 0.15) is 51.0 Å². The summed E-state index contributed by atoms with van der Waals surface area (Å²) in [5.41, 5.74) is 1.48. The number of ether oxygens (including phenoxy) is 1. The molecule has 24 heavy (non-hydrogen) atoms. The van der Waals surface area contributed by atoms with Crippen LogP contribution in [0.2, 0.25) is 0 Å². The van der Waals surface area contributed by atoms with E-state index < -0.39 is 0 Å². The molecule has 0 spiro atoms. The van der Waals surface area contributed by atoms with Crippen molar-refractivity contribution < 1.29 is 14.3 Å². The Kier molecular flexibility index (Phi) is 4.20. The van der Waals surface area contributed by atoms with Gasteiger partial charge in [0.1, 0.15) is 5.69 Å². The zero-order valence-electron chi connectivity index (χ0n) is 13.2. The summed E-state index contributed by atoms with van der Waals surface area (Å²) < 4.78 is 5.50. The van der Waals surface area contributed by atoms with Gasteiger partial charge in [-0.05, 0) is 30.4 Å². The molecule has 1 aliphatic heterocycles. The molecule has 2 fully saturated rings. The minimum absolute atomic E-state index is 0.0546. The highest BCUT2D eigenvalue weighted by Crippen LogP contribution is 2.39. The molecule has 0 bridgehead atoms. The Labute approximate surface area is 143 Å². The number of nitrogens with one attached hydrogen (secondary N) is 1. The molecule has 1 aliphatic carbocycles. The monoisotopic (exact) mass is 345 g/mol. The second kappa shape index (κ2) is 6.49. The van der Waals surface area contributed by atoms with Gasteiger partial charge in [0.05, 0.1) is 24.1 Å². The van der Waals surface area contributed by atoms with Crippen LogP contribution in [0, 0.1) is 0 Å². The molecular formula is C17H19N3O3S. The SMILES string of the molecule is O=C(CC1COCCN1C(=O)c1cc(C2CC2)[nH]n1)c1cccs1. The van der Waals surface area contributed by atoms with E-state index in [0.717, 1.165) is 23.4 Å². The number of hydrogen-bond acceptors (Lipinski definition) is 5. The lowest BCUT2D eigenvalue weighted by atomic mass is 10.1. The van der Waals surface area contributed by atoms with E-state index in [0.29, 0.717) is 31.4 Å². The van der Waals surface area contributed by atoms with Crippen LogP contribution in [-0.4, -0.2) is 52.6 Å². The molecule has 7 heteroatoms. The number of hydrogen-bond donors (Lipinski definition) is 1. The lowest BCUT2D eigenvalue weighted by Gasteiger charge is -2.34. The van der Waals surface area contributed by atoms with Crippen molar-refractivity contribution in [2.75, 3.05) is 19.8 Å². The molecule has 3 heterocycles. The van der Waals surface area contributed by atoms with Crippen LogP contribution < -0.4 is 0 Å². The van der Waals surface area contributed by atoms with Gasteiger partial charge in [0.15, 0.2) is 5.78 Å². The van der Waals surface area contributed by atoms with Crippen molar-refractivity contribution in [1.82, 2.24) is 15.1 Å². The highest BCUT2D eigenvalue weighted by molar-refractivity contribution is 7.12. The highest BCUT2D eigenvalue weighted by Gasteiger charge is 2.33. The summed E-state index contributed by atoms with van der Waals surface area (Å²) >= 11 is 1.43. The summed E-state index contributed by atoms with van der Waals surface area (Å²) in [4.78, 5) is 27.7. The summed E-state index contributed by atoms with van der Waals surface area (Å²) in [6.45, 7) is 1.38. The number of morpholine rings is 1. The molecule has 1 N–H and O–H groups in total. The summed E-state index contributed by atoms with van der Waals surface area (Å²) in [5.74, 6) is 0.462. The van der Waals surface area contributed by atoms with Gasteiger partial charge >= 0.3 is 0 Å². The highest BCUT2D eigenvalue weighted by atomic mass is 32.1. The quantitative estimate of drug-likeness (QED) is 0.845. The fraction of sp³-hybridized carbons (Fsp3) is 0.471. The van der Waals surface area contributed by atoms with Gasteiger partial charge in [-0.1, -0.05) is 6.07 Å². The number of H-pyrrole nitrogens is 1. The number of amides is 1. The fourth-order valence-electron chi connectivity index (χ4n) is 3.04. The Bertz CT molecular complexity index is 736. The van der Waals surface area contributed by atoms with E-state index in [2.05, 4.69) is 10.2 Å². The Morgan fingerprint density at radius 2 is 2.29 bits per heavy atom. The van der Waals surface area contributed by atoms with Gasteiger partial charge in [-0.3, -0.25) is 14.7 Å². The molecule has 2 aromatic rings. The predicted molar refractivity (Wildman–Crippen MR) is 89.5 cm³/mol. The van der Waals surface area contributed by atoms with Gasteiger partial charge in [0.2, 0.25) is 0 Å². The van der Waals surface area contributed by atoms with Gasteiger partial charge in [0, 0.05) is 24.6 Å². The lowest BCUT2D eigenvalue weighted by Crippen LogP contribution is -2.49. The third-order valence-electron chi connectivity index (χ3n) is 4.54. The number of aromatic amines is 1. The molecule has 0 aromatic carbocycles. The maximum atomic E-state index is 12.8. The van der Waals surface area contributed by atoms with E-state index in [1.807, 2.05) is 23.6 Å². The molecular weight excluding hydrogens is 326 g/mol. The first kappa shape index (κ1) is 15.5. The van der Waals surface area contributed by atoms with E-state index >= 15 is 0 Å². The third-order valence-corrected chi connectivity index (χ3v) is 5.45. The Hall–Kier alpha value is -1.99. The van der Waals surface area contributed by atoms with Crippen LogP contribution in [0.25, 0.3) is 0 Å². The van der Waals surface area contributed by atoms with Gasteiger partial charge < -0.3 is 9.64 Å². The first-order valence-corrected chi connectivity index (χ1v) is 9.11.